The van der Waals surface area contributed by atoms with Crippen LogP contribution < -0.4 is 20.3 Å². The predicted molar refractivity (Wildman–Crippen MR) is 108 cm³/mol. The summed E-state index contributed by atoms with van der Waals surface area (Å²) in [5.41, 5.74) is 7.71. The molecule has 0 atom stereocenters. The lowest BCUT2D eigenvalue weighted by Crippen LogP contribution is -2.44. The summed E-state index contributed by atoms with van der Waals surface area (Å²) in [6, 6.07) is 13.2. The van der Waals surface area contributed by atoms with E-state index < -0.39 is 5.91 Å². The molecule has 0 aliphatic heterocycles. The number of carbonyl (C=O) groups is 2. The molecule has 0 spiro atoms. The SMILES string of the molecule is CCOc1ccc(CC(=O)NNC(=O)COc2cc(C)ccc2C(C)C)cc1. The molecule has 0 heterocycles. The van der Waals surface area contributed by atoms with Gasteiger partial charge >= 0.3 is 0 Å². The Morgan fingerprint density at radius 1 is 0.964 bits per heavy atom. The zero-order valence-electron chi connectivity index (χ0n) is 16.9. The van der Waals surface area contributed by atoms with Crippen molar-refractivity contribution in [2.75, 3.05) is 13.2 Å². The van der Waals surface area contributed by atoms with Crippen LogP contribution in [0, 0.1) is 6.92 Å². The van der Waals surface area contributed by atoms with Crippen LogP contribution in [0.1, 0.15) is 43.4 Å². The third-order valence-electron chi connectivity index (χ3n) is 4.09. The van der Waals surface area contributed by atoms with Crippen LogP contribution in [0.4, 0.5) is 0 Å². The highest BCUT2D eigenvalue weighted by molar-refractivity contribution is 5.83. The minimum absolute atomic E-state index is 0.156. The van der Waals surface area contributed by atoms with E-state index in [0.717, 1.165) is 22.4 Å². The fourth-order valence-corrected chi connectivity index (χ4v) is 2.66. The molecule has 6 nitrogen and oxygen atoms in total. The van der Waals surface area contributed by atoms with Crippen LogP contribution in [-0.4, -0.2) is 25.0 Å². The maximum absolute atomic E-state index is 12.0. The van der Waals surface area contributed by atoms with E-state index in [2.05, 4.69) is 24.7 Å². The van der Waals surface area contributed by atoms with E-state index in [1.165, 1.54) is 0 Å². The van der Waals surface area contributed by atoms with Gasteiger partial charge in [0.1, 0.15) is 11.5 Å². The van der Waals surface area contributed by atoms with Gasteiger partial charge in [0.2, 0.25) is 5.91 Å². The summed E-state index contributed by atoms with van der Waals surface area (Å²) in [4.78, 5) is 24.0. The summed E-state index contributed by atoms with van der Waals surface area (Å²) in [6.07, 6.45) is 0.156. The quantitative estimate of drug-likeness (QED) is 0.685. The van der Waals surface area contributed by atoms with Gasteiger partial charge in [0.25, 0.3) is 5.91 Å². The number of amides is 2. The number of benzene rings is 2. The predicted octanol–water partition coefficient (Wildman–Crippen LogP) is 3.29. The number of hydrogen-bond acceptors (Lipinski definition) is 4. The summed E-state index contributed by atoms with van der Waals surface area (Å²) in [5, 5.41) is 0. The molecule has 2 aromatic rings. The zero-order chi connectivity index (χ0) is 20.5. The van der Waals surface area contributed by atoms with Crippen molar-refractivity contribution in [3.63, 3.8) is 0 Å². The largest absolute Gasteiger partial charge is 0.494 e. The Labute approximate surface area is 166 Å². The molecule has 0 unspecified atom stereocenters. The number of rotatable bonds is 8. The molecular formula is C22H28N2O4. The van der Waals surface area contributed by atoms with Gasteiger partial charge in [0, 0.05) is 0 Å². The molecule has 2 N–H and O–H groups in total. The van der Waals surface area contributed by atoms with Gasteiger partial charge in [0.05, 0.1) is 13.0 Å². The molecule has 0 aliphatic carbocycles. The Bertz CT molecular complexity index is 801. The van der Waals surface area contributed by atoms with Crippen LogP contribution in [0.25, 0.3) is 0 Å². The topological polar surface area (TPSA) is 76.7 Å². The summed E-state index contributed by atoms with van der Waals surface area (Å²) in [6.45, 7) is 8.44. The standard InChI is InChI=1S/C22H28N2O4/c1-5-27-18-9-7-17(8-10-18)13-21(25)23-24-22(26)14-28-20-12-16(4)6-11-19(20)15(2)3/h6-12,15H,5,13-14H2,1-4H3,(H,23,25)(H,24,26). The molecule has 2 amide bonds. The minimum Gasteiger partial charge on any atom is -0.494 e. The Balaban J connectivity index is 1.79. The molecule has 0 aliphatic rings. The molecule has 0 saturated heterocycles. The lowest BCUT2D eigenvalue weighted by atomic mass is 10.0. The van der Waals surface area contributed by atoms with Gasteiger partial charge in [-0.25, -0.2) is 0 Å². The number of ether oxygens (including phenoxy) is 2. The van der Waals surface area contributed by atoms with Crippen molar-refractivity contribution >= 4 is 11.8 Å². The van der Waals surface area contributed by atoms with Crippen molar-refractivity contribution < 1.29 is 19.1 Å². The zero-order valence-corrected chi connectivity index (χ0v) is 16.9. The first kappa shape index (κ1) is 21.3. The van der Waals surface area contributed by atoms with Gasteiger partial charge in [-0.05, 0) is 54.7 Å². The van der Waals surface area contributed by atoms with E-state index in [1.54, 1.807) is 0 Å². The molecule has 0 aromatic heterocycles. The van der Waals surface area contributed by atoms with Crippen LogP contribution in [0.3, 0.4) is 0 Å². The first-order valence-electron chi connectivity index (χ1n) is 9.41. The number of aryl methyl sites for hydroxylation is 1. The van der Waals surface area contributed by atoms with Crippen LogP contribution in [0.2, 0.25) is 0 Å². The maximum Gasteiger partial charge on any atom is 0.276 e. The maximum atomic E-state index is 12.0. The van der Waals surface area contributed by atoms with Crippen molar-refractivity contribution in [2.45, 2.75) is 40.0 Å². The van der Waals surface area contributed by atoms with E-state index in [9.17, 15) is 9.59 Å². The molecule has 28 heavy (non-hydrogen) atoms. The second kappa shape index (κ2) is 10.3. The fraction of sp³-hybridized carbons (Fsp3) is 0.364. The van der Waals surface area contributed by atoms with Crippen molar-refractivity contribution in [1.82, 2.24) is 10.9 Å². The van der Waals surface area contributed by atoms with Crippen molar-refractivity contribution in [1.29, 1.82) is 0 Å². The van der Waals surface area contributed by atoms with E-state index in [0.29, 0.717) is 12.4 Å². The Hall–Kier alpha value is -3.02. The molecule has 150 valence electrons. The van der Waals surface area contributed by atoms with Gasteiger partial charge in [-0.1, -0.05) is 38.1 Å². The van der Waals surface area contributed by atoms with Crippen LogP contribution in [-0.2, 0) is 16.0 Å². The van der Waals surface area contributed by atoms with Crippen LogP contribution in [0.15, 0.2) is 42.5 Å². The second-order valence-corrected chi connectivity index (χ2v) is 6.83. The third-order valence-corrected chi connectivity index (χ3v) is 4.09. The Morgan fingerprint density at radius 3 is 2.29 bits per heavy atom. The molecule has 2 rings (SSSR count). The summed E-state index contributed by atoms with van der Waals surface area (Å²) in [7, 11) is 0. The number of carbonyl (C=O) groups excluding carboxylic acids is 2. The Morgan fingerprint density at radius 2 is 1.64 bits per heavy atom. The number of nitrogens with one attached hydrogen (secondary N) is 2. The molecular weight excluding hydrogens is 356 g/mol. The highest BCUT2D eigenvalue weighted by Crippen LogP contribution is 2.27. The lowest BCUT2D eigenvalue weighted by Gasteiger charge is -2.15. The molecule has 0 fully saturated rings. The summed E-state index contributed by atoms with van der Waals surface area (Å²) < 4.78 is 11.0. The van der Waals surface area contributed by atoms with Gasteiger partial charge in [-0.2, -0.15) is 0 Å². The van der Waals surface area contributed by atoms with E-state index >= 15 is 0 Å². The van der Waals surface area contributed by atoms with Gasteiger partial charge in [-0.15, -0.1) is 0 Å². The first-order chi connectivity index (χ1) is 13.4. The summed E-state index contributed by atoms with van der Waals surface area (Å²) in [5.74, 6) is 1.000. The van der Waals surface area contributed by atoms with Crippen LogP contribution in [0.5, 0.6) is 11.5 Å². The molecule has 6 heteroatoms. The fourth-order valence-electron chi connectivity index (χ4n) is 2.66. The highest BCUT2D eigenvalue weighted by atomic mass is 16.5. The average molecular weight is 384 g/mol. The van der Waals surface area contributed by atoms with Crippen molar-refractivity contribution in [3.8, 4) is 11.5 Å². The molecule has 2 aromatic carbocycles. The summed E-state index contributed by atoms with van der Waals surface area (Å²) >= 11 is 0. The van der Waals surface area contributed by atoms with Gasteiger partial charge < -0.3 is 9.47 Å². The van der Waals surface area contributed by atoms with Gasteiger partial charge in [0.15, 0.2) is 6.61 Å². The lowest BCUT2D eigenvalue weighted by molar-refractivity contribution is -0.129. The minimum atomic E-state index is -0.420. The molecule has 0 radical (unpaired) electrons. The first-order valence-corrected chi connectivity index (χ1v) is 9.41. The third kappa shape index (κ3) is 6.61. The number of hydrogen-bond donors (Lipinski definition) is 2. The molecule has 0 saturated carbocycles. The van der Waals surface area contributed by atoms with Crippen LogP contribution >= 0.6 is 0 Å². The van der Waals surface area contributed by atoms with E-state index in [1.807, 2.05) is 56.3 Å². The molecule has 0 bridgehead atoms. The second-order valence-electron chi connectivity index (χ2n) is 6.83. The smallest absolute Gasteiger partial charge is 0.276 e. The van der Waals surface area contributed by atoms with E-state index in [-0.39, 0.29) is 24.9 Å². The van der Waals surface area contributed by atoms with Gasteiger partial charge in [-0.3, -0.25) is 20.4 Å². The normalized spacial score (nSPS) is 10.5. The number of hydrazine groups is 1. The Kier molecular flexibility index (Phi) is 7.87. The van der Waals surface area contributed by atoms with E-state index in [4.69, 9.17) is 9.47 Å². The highest BCUT2D eigenvalue weighted by Gasteiger charge is 2.11. The average Bonchev–Trinajstić information content (AvgIpc) is 2.66. The van der Waals surface area contributed by atoms with Crippen molar-refractivity contribution in [2.24, 2.45) is 0 Å². The monoisotopic (exact) mass is 384 g/mol. The van der Waals surface area contributed by atoms with Crippen molar-refractivity contribution in [3.05, 3.63) is 59.2 Å².